The van der Waals surface area contributed by atoms with Crippen molar-refractivity contribution in [3.63, 3.8) is 0 Å². The summed E-state index contributed by atoms with van der Waals surface area (Å²) in [5, 5.41) is 60.4. The maximum Gasteiger partial charge on any atom is 0.167 e. The van der Waals surface area contributed by atoms with Crippen LogP contribution in [0, 0.1) is 5.41 Å². The van der Waals surface area contributed by atoms with Crippen molar-refractivity contribution in [2.24, 2.45) is 5.41 Å². The molecule has 0 heterocycles. The molecule has 7 unspecified atom stereocenters. The van der Waals surface area contributed by atoms with Gasteiger partial charge >= 0.3 is 0 Å². The molecule has 1 rings (SSSR count). The second kappa shape index (κ2) is 10.5. The third-order valence-electron chi connectivity index (χ3n) is 4.89. The lowest BCUT2D eigenvalue weighted by atomic mass is 9.84. The number of rotatable bonds is 7. The zero-order chi connectivity index (χ0) is 22.6. The van der Waals surface area contributed by atoms with Crippen molar-refractivity contribution in [3.8, 4) is 0 Å². The number of thiocarbonyl (C=S) groups is 1. The third-order valence-corrected chi connectivity index (χ3v) is 5.11. The molecule has 8 N–H and O–H groups in total. The molecule has 1 aliphatic rings. The van der Waals surface area contributed by atoms with Crippen LogP contribution in [0.15, 0.2) is 12.2 Å². The number of aliphatic hydroxyl groups excluding tert-OH is 5. The van der Waals surface area contributed by atoms with Gasteiger partial charge in [0.05, 0.1) is 24.3 Å². The highest BCUT2D eigenvalue weighted by atomic mass is 32.1. The Morgan fingerprint density at radius 3 is 2.10 bits per heavy atom. The van der Waals surface area contributed by atoms with Crippen molar-refractivity contribution < 1.29 is 25.5 Å². The second-order valence-corrected chi connectivity index (χ2v) is 10.3. The molecular formula is C20H39N3O5S. The third kappa shape index (κ3) is 8.84. The first-order valence-electron chi connectivity index (χ1n) is 10.0. The van der Waals surface area contributed by atoms with Crippen LogP contribution in [0.5, 0.6) is 0 Å². The Balaban J connectivity index is 2.84. The average Bonchev–Trinajstić information content (AvgIpc) is 2.55. The van der Waals surface area contributed by atoms with Crippen LogP contribution in [0.3, 0.4) is 0 Å². The lowest BCUT2D eigenvalue weighted by Gasteiger charge is -2.35. The SMILES string of the molecule is CC(C)(C)NC(=S)NC(CNC1C=CC(O)C(O)C1O)C(O)CC(O)C(C)(C)C. The van der Waals surface area contributed by atoms with Gasteiger partial charge in [-0.1, -0.05) is 32.9 Å². The van der Waals surface area contributed by atoms with Crippen LogP contribution < -0.4 is 16.0 Å². The fraction of sp³-hybridized carbons (Fsp3) is 0.850. The fourth-order valence-electron chi connectivity index (χ4n) is 2.90. The predicted molar refractivity (Wildman–Crippen MR) is 117 cm³/mol. The highest BCUT2D eigenvalue weighted by molar-refractivity contribution is 7.80. The molecule has 0 amide bonds. The van der Waals surface area contributed by atoms with Gasteiger partial charge in [0.2, 0.25) is 0 Å². The van der Waals surface area contributed by atoms with Gasteiger partial charge in [-0.3, -0.25) is 0 Å². The molecule has 170 valence electrons. The van der Waals surface area contributed by atoms with Crippen molar-refractivity contribution >= 4 is 17.3 Å². The molecule has 7 atom stereocenters. The number of hydrogen-bond donors (Lipinski definition) is 8. The standard InChI is InChI=1S/C20H39N3O5S/c1-19(2,3)15(26)9-14(25)12(22-18(29)23-20(4,5)6)10-21-11-7-8-13(24)17(28)16(11)27/h7-8,11-17,21,24-28H,9-10H2,1-6H3,(H2,22,23,29). The van der Waals surface area contributed by atoms with Gasteiger partial charge in [0.15, 0.2) is 5.11 Å². The Bertz CT molecular complexity index is 561. The van der Waals surface area contributed by atoms with Crippen LogP contribution in [-0.2, 0) is 0 Å². The van der Waals surface area contributed by atoms with E-state index in [4.69, 9.17) is 12.2 Å². The Morgan fingerprint density at radius 2 is 1.59 bits per heavy atom. The summed E-state index contributed by atoms with van der Waals surface area (Å²) in [6.45, 7) is 11.8. The molecule has 0 saturated carbocycles. The summed E-state index contributed by atoms with van der Waals surface area (Å²) in [6.07, 6.45) is -2.09. The number of hydrogen-bond acceptors (Lipinski definition) is 7. The molecule has 8 nitrogen and oxygen atoms in total. The van der Waals surface area contributed by atoms with E-state index in [1.165, 1.54) is 6.08 Å². The molecule has 0 fully saturated rings. The van der Waals surface area contributed by atoms with Crippen LogP contribution in [0.4, 0.5) is 0 Å². The van der Waals surface area contributed by atoms with E-state index >= 15 is 0 Å². The van der Waals surface area contributed by atoms with E-state index in [1.807, 2.05) is 41.5 Å². The summed E-state index contributed by atoms with van der Waals surface area (Å²) in [4.78, 5) is 0. The zero-order valence-corrected chi connectivity index (χ0v) is 19.1. The average molecular weight is 434 g/mol. The molecule has 0 aliphatic heterocycles. The van der Waals surface area contributed by atoms with Gasteiger partial charge in [-0.2, -0.15) is 0 Å². The molecule has 29 heavy (non-hydrogen) atoms. The summed E-state index contributed by atoms with van der Waals surface area (Å²) >= 11 is 5.35. The van der Waals surface area contributed by atoms with Crippen LogP contribution in [0.25, 0.3) is 0 Å². The van der Waals surface area contributed by atoms with E-state index in [-0.39, 0.29) is 23.9 Å². The van der Waals surface area contributed by atoms with Crippen molar-refractivity contribution in [3.05, 3.63) is 12.2 Å². The first-order chi connectivity index (χ1) is 13.1. The number of nitrogens with one attached hydrogen (secondary N) is 3. The van der Waals surface area contributed by atoms with Crippen molar-refractivity contribution in [2.75, 3.05) is 6.54 Å². The molecule has 0 aromatic carbocycles. The van der Waals surface area contributed by atoms with E-state index in [1.54, 1.807) is 6.08 Å². The molecule has 0 aromatic heterocycles. The van der Waals surface area contributed by atoms with Gasteiger partial charge in [-0.25, -0.2) is 0 Å². The first kappa shape index (κ1) is 26.2. The monoisotopic (exact) mass is 433 g/mol. The molecule has 0 spiro atoms. The highest BCUT2D eigenvalue weighted by Crippen LogP contribution is 2.23. The minimum atomic E-state index is -1.29. The fourth-order valence-corrected chi connectivity index (χ4v) is 3.36. The van der Waals surface area contributed by atoms with Crippen LogP contribution in [-0.4, -0.2) is 85.3 Å². The van der Waals surface area contributed by atoms with Gasteiger partial charge in [0.25, 0.3) is 0 Å². The van der Waals surface area contributed by atoms with Crippen molar-refractivity contribution in [1.29, 1.82) is 0 Å². The van der Waals surface area contributed by atoms with Crippen LogP contribution >= 0.6 is 12.2 Å². The zero-order valence-electron chi connectivity index (χ0n) is 18.3. The highest BCUT2D eigenvalue weighted by Gasteiger charge is 2.34. The molecule has 0 bridgehead atoms. The second-order valence-electron chi connectivity index (χ2n) is 9.93. The van der Waals surface area contributed by atoms with E-state index < -0.39 is 42.6 Å². The summed E-state index contributed by atoms with van der Waals surface area (Å²) in [7, 11) is 0. The Hall–Kier alpha value is -0.810. The van der Waals surface area contributed by atoms with Gasteiger partial charge in [-0.05, 0) is 38.4 Å². The van der Waals surface area contributed by atoms with Crippen molar-refractivity contribution in [2.45, 2.75) is 96.1 Å². The Morgan fingerprint density at radius 1 is 1.00 bits per heavy atom. The summed E-state index contributed by atoms with van der Waals surface area (Å²) in [6, 6.07) is -1.15. The molecular weight excluding hydrogens is 394 g/mol. The summed E-state index contributed by atoms with van der Waals surface area (Å²) in [5.41, 5.74) is -0.647. The van der Waals surface area contributed by atoms with E-state index in [0.29, 0.717) is 5.11 Å². The predicted octanol–water partition coefficient (Wildman–Crippen LogP) is -0.614. The van der Waals surface area contributed by atoms with E-state index in [0.717, 1.165) is 0 Å². The van der Waals surface area contributed by atoms with E-state index in [2.05, 4.69) is 16.0 Å². The normalized spacial score (nSPS) is 28.5. The smallest absolute Gasteiger partial charge is 0.167 e. The summed E-state index contributed by atoms with van der Waals surface area (Å²) in [5.74, 6) is 0. The molecule has 0 aromatic rings. The molecule has 1 aliphatic carbocycles. The van der Waals surface area contributed by atoms with Gasteiger partial charge in [0, 0.05) is 18.5 Å². The van der Waals surface area contributed by atoms with Gasteiger partial charge in [-0.15, -0.1) is 0 Å². The maximum absolute atomic E-state index is 10.8. The summed E-state index contributed by atoms with van der Waals surface area (Å²) < 4.78 is 0. The largest absolute Gasteiger partial charge is 0.392 e. The van der Waals surface area contributed by atoms with Gasteiger partial charge in [0.1, 0.15) is 18.3 Å². The minimum absolute atomic E-state index is 0.144. The topological polar surface area (TPSA) is 137 Å². The number of aliphatic hydroxyl groups is 5. The molecule has 0 saturated heterocycles. The lowest BCUT2D eigenvalue weighted by Crippen LogP contribution is -2.59. The van der Waals surface area contributed by atoms with Crippen molar-refractivity contribution in [1.82, 2.24) is 16.0 Å². The molecule has 0 radical (unpaired) electrons. The Labute approximate surface area is 179 Å². The first-order valence-corrected chi connectivity index (χ1v) is 10.4. The van der Waals surface area contributed by atoms with Crippen LogP contribution in [0.2, 0.25) is 0 Å². The lowest BCUT2D eigenvalue weighted by molar-refractivity contribution is -0.0573. The van der Waals surface area contributed by atoms with Crippen LogP contribution in [0.1, 0.15) is 48.0 Å². The minimum Gasteiger partial charge on any atom is -0.392 e. The maximum atomic E-state index is 10.8. The quantitative estimate of drug-likeness (QED) is 0.195. The van der Waals surface area contributed by atoms with E-state index in [9.17, 15) is 25.5 Å². The Kier molecular flexibility index (Phi) is 9.48. The molecule has 9 heteroatoms. The van der Waals surface area contributed by atoms with Gasteiger partial charge < -0.3 is 41.5 Å².